The van der Waals surface area contributed by atoms with Crippen molar-refractivity contribution in [2.24, 2.45) is 0 Å². The summed E-state index contributed by atoms with van der Waals surface area (Å²) >= 11 is 0. The van der Waals surface area contributed by atoms with Crippen LogP contribution in [0, 0.1) is 6.92 Å². The predicted octanol–water partition coefficient (Wildman–Crippen LogP) is -0.0585. The lowest BCUT2D eigenvalue weighted by Crippen LogP contribution is -2.43. The molecule has 21 heavy (non-hydrogen) atoms. The molecule has 2 rings (SSSR count). The minimum Gasteiger partial charge on any atom is -0.361 e. The normalized spacial score (nSPS) is 16.5. The third kappa shape index (κ3) is 4.11. The highest BCUT2D eigenvalue weighted by Gasteiger charge is 2.27. The second kappa shape index (κ2) is 6.35. The van der Waals surface area contributed by atoms with Crippen LogP contribution in [0.15, 0.2) is 10.7 Å². The monoisotopic (exact) mass is 315 g/mol. The summed E-state index contributed by atoms with van der Waals surface area (Å²) in [6, 6.07) is 0. The van der Waals surface area contributed by atoms with E-state index in [9.17, 15) is 18.0 Å². The van der Waals surface area contributed by atoms with Crippen LogP contribution in [0.3, 0.4) is 0 Å². The van der Waals surface area contributed by atoms with Gasteiger partial charge in [-0.15, -0.1) is 0 Å². The quantitative estimate of drug-likeness (QED) is 0.737. The molecule has 0 aromatic carbocycles. The smallest absolute Gasteiger partial charge is 0.229 e. The second-order valence-corrected chi connectivity index (χ2v) is 6.77. The van der Waals surface area contributed by atoms with E-state index in [1.807, 2.05) is 0 Å². The van der Waals surface area contributed by atoms with Crippen LogP contribution < -0.4 is 4.72 Å². The maximum Gasteiger partial charge on any atom is 0.229 e. The summed E-state index contributed by atoms with van der Waals surface area (Å²) in [5.74, 6) is -0.388. The lowest BCUT2D eigenvalue weighted by molar-refractivity contribution is -0.147. The molecule has 2 heterocycles. The Balaban J connectivity index is 1.87. The zero-order valence-corrected chi connectivity index (χ0v) is 12.5. The topological polar surface area (TPSA) is 110 Å². The van der Waals surface area contributed by atoms with Gasteiger partial charge < -0.3 is 4.52 Å². The molecule has 9 heteroatoms. The van der Waals surface area contributed by atoms with Crippen molar-refractivity contribution < 1.29 is 22.5 Å². The highest BCUT2D eigenvalue weighted by Crippen LogP contribution is 2.12. The van der Waals surface area contributed by atoms with Gasteiger partial charge in [-0.1, -0.05) is 5.16 Å². The van der Waals surface area contributed by atoms with E-state index in [2.05, 4.69) is 9.88 Å². The van der Waals surface area contributed by atoms with E-state index in [-0.39, 0.29) is 30.7 Å². The molecule has 1 N–H and O–H groups in total. The first-order valence-corrected chi connectivity index (χ1v) is 8.25. The number of rotatable bonds is 6. The van der Waals surface area contributed by atoms with E-state index >= 15 is 0 Å². The van der Waals surface area contributed by atoms with E-state index in [4.69, 9.17) is 4.52 Å². The molecular weight excluding hydrogens is 298 g/mol. The average molecular weight is 315 g/mol. The molecule has 1 aromatic rings. The fraction of sp³-hybridized carbons (Fsp3) is 0.583. The van der Waals surface area contributed by atoms with Gasteiger partial charge in [0.25, 0.3) is 0 Å². The van der Waals surface area contributed by atoms with Crippen molar-refractivity contribution in [3.05, 3.63) is 17.5 Å². The molecule has 1 aliphatic heterocycles. The first kappa shape index (κ1) is 15.6. The van der Waals surface area contributed by atoms with Crippen LogP contribution in [0.5, 0.6) is 0 Å². The first-order chi connectivity index (χ1) is 9.89. The molecule has 0 saturated carbocycles. The molecule has 0 spiro atoms. The molecule has 0 radical (unpaired) electrons. The lowest BCUT2D eigenvalue weighted by atomic mass is 10.1. The summed E-state index contributed by atoms with van der Waals surface area (Å²) in [4.78, 5) is 24.2. The average Bonchev–Trinajstić information content (AvgIpc) is 2.81. The van der Waals surface area contributed by atoms with Gasteiger partial charge in [-0.3, -0.25) is 14.5 Å². The molecule has 0 unspecified atom stereocenters. The van der Waals surface area contributed by atoms with Gasteiger partial charge in [0.1, 0.15) is 5.76 Å². The summed E-state index contributed by atoms with van der Waals surface area (Å²) in [5, 5.41) is 3.55. The van der Waals surface area contributed by atoms with Crippen LogP contribution in [0.1, 0.15) is 30.6 Å². The van der Waals surface area contributed by atoms with Crippen LogP contribution in [-0.4, -0.2) is 42.6 Å². The molecule has 1 saturated heterocycles. The van der Waals surface area contributed by atoms with Gasteiger partial charge in [-0.25, -0.2) is 13.1 Å². The Morgan fingerprint density at radius 2 is 2.00 bits per heavy atom. The Labute approximate surface area is 122 Å². The summed E-state index contributed by atoms with van der Waals surface area (Å²) in [5.41, 5.74) is 0.642. The number of hydrogen-bond donors (Lipinski definition) is 1. The number of hydrogen-bond acceptors (Lipinski definition) is 6. The van der Waals surface area contributed by atoms with Crippen LogP contribution in [-0.2, 0) is 26.2 Å². The highest BCUT2D eigenvalue weighted by atomic mass is 32.2. The van der Waals surface area contributed by atoms with E-state index in [0.29, 0.717) is 30.6 Å². The number of aryl methyl sites for hydroxylation is 1. The molecule has 0 bridgehead atoms. The Morgan fingerprint density at radius 1 is 1.33 bits per heavy atom. The SMILES string of the molecule is Cc1oncc1CNS(=O)(=O)CCN1C(=O)CCCC1=O. The van der Waals surface area contributed by atoms with Gasteiger partial charge in [0, 0.05) is 31.5 Å². The lowest BCUT2D eigenvalue weighted by Gasteiger charge is -2.24. The maximum atomic E-state index is 11.9. The molecule has 8 nitrogen and oxygen atoms in total. The van der Waals surface area contributed by atoms with Crippen molar-refractivity contribution in [3.63, 3.8) is 0 Å². The third-order valence-corrected chi connectivity index (χ3v) is 4.60. The molecule has 1 aromatic heterocycles. The Hall–Kier alpha value is -1.74. The molecule has 1 aliphatic rings. The van der Waals surface area contributed by atoms with Crippen LogP contribution in [0.2, 0.25) is 0 Å². The molecule has 116 valence electrons. The first-order valence-electron chi connectivity index (χ1n) is 6.60. The second-order valence-electron chi connectivity index (χ2n) is 4.84. The van der Waals surface area contributed by atoms with Crippen molar-refractivity contribution >= 4 is 21.8 Å². The number of amides is 2. The van der Waals surface area contributed by atoms with Gasteiger partial charge >= 0.3 is 0 Å². The van der Waals surface area contributed by atoms with E-state index in [1.165, 1.54) is 6.20 Å². The van der Waals surface area contributed by atoms with Gasteiger partial charge in [0.2, 0.25) is 21.8 Å². The van der Waals surface area contributed by atoms with E-state index < -0.39 is 10.0 Å². The van der Waals surface area contributed by atoms with Crippen molar-refractivity contribution in [1.29, 1.82) is 0 Å². The van der Waals surface area contributed by atoms with Crippen LogP contribution in [0.25, 0.3) is 0 Å². The fourth-order valence-corrected chi connectivity index (χ4v) is 2.95. The van der Waals surface area contributed by atoms with E-state index in [0.717, 1.165) is 4.90 Å². The Kier molecular flexibility index (Phi) is 4.73. The summed E-state index contributed by atoms with van der Waals surface area (Å²) in [6.07, 6.45) is 2.56. The zero-order valence-electron chi connectivity index (χ0n) is 11.7. The maximum absolute atomic E-state index is 11.9. The molecular formula is C12H17N3O5S. The third-order valence-electron chi connectivity index (χ3n) is 3.30. The number of imide groups is 1. The van der Waals surface area contributed by atoms with Crippen LogP contribution >= 0.6 is 0 Å². The molecule has 2 amide bonds. The van der Waals surface area contributed by atoms with Crippen molar-refractivity contribution in [3.8, 4) is 0 Å². The van der Waals surface area contributed by atoms with Crippen molar-refractivity contribution in [1.82, 2.24) is 14.8 Å². The largest absolute Gasteiger partial charge is 0.361 e. The fourth-order valence-electron chi connectivity index (χ4n) is 2.01. The van der Waals surface area contributed by atoms with Crippen molar-refractivity contribution in [2.45, 2.75) is 32.7 Å². The number of nitrogens with zero attached hydrogens (tertiary/aromatic N) is 2. The minimum absolute atomic E-state index is 0.0690. The number of sulfonamides is 1. The number of carbonyl (C=O) groups is 2. The molecule has 0 aliphatic carbocycles. The number of aromatic nitrogens is 1. The van der Waals surface area contributed by atoms with Crippen molar-refractivity contribution in [2.75, 3.05) is 12.3 Å². The summed E-state index contributed by atoms with van der Waals surface area (Å²) in [7, 11) is -3.59. The molecule has 1 fully saturated rings. The van der Waals surface area contributed by atoms with E-state index in [1.54, 1.807) is 6.92 Å². The van der Waals surface area contributed by atoms with Gasteiger partial charge in [0.05, 0.1) is 11.9 Å². The zero-order chi connectivity index (χ0) is 15.5. The van der Waals surface area contributed by atoms with Gasteiger partial charge in [-0.2, -0.15) is 0 Å². The Morgan fingerprint density at radius 3 is 2.57 bits per heavy atom. The summed E-state index contributed by atoms with van der Waals surface area (Å²) < 4.78 is 31.0. The van der Waals surface area contributed by atoms with Crippen LogP contribution in [0.4, 0.5) is 0 Å². The number of piperidine rings is 1. The summed E-state index contributed by atoms with van der Waals surface area (Å²) in [6.45, 7) is 1.64. The number of nitrogens with one attached hydrogen (secondary N) is 1. The minimum atomic E-state index is -3.59. The molecule has 0 atom stereocenters. The van der Waals surface area contributed by atoms with Gasteiger partial charge in [0.15, 0.2) is 0 Å². The number of carbonyl (C=O) groups excluding carboxylic acids is 2. The van der Waals surface area contributed by atoms with Gasteiger partial charge in [-0.05, 0) is 13.3 Å². The number of likely N-dealkylation sites (tertiary alicyclic amines) is 1. The Bertz CT molecular complexity index is 621. The predicted molar refractivity (Wildman–Crippen MR) is 72.4 cm³/mol. The highest BCUT2D eigenvalue weighted by molar-refractivity contribution is 7.89. The standard InChI is InChI=1S/C12H17N3O5S/c1-9-10(7-13-20-9)8-14-21(18,19)6-5-15-11(16)3-2-4-12(15)17/h7,14H,2-6,8H2,1H3.